The zero-order valence-corrected chi connectivity index (χ0v) is 12.0. The summed E-state index contributed by atoms with van der Waals surface area (Å²) < 4.78 is 42.5. The van der Waals surface area contributed by atoms with E-state index < -0.39 is 11.6 Å². The first kappa shape index (κ1) is 14.7. The van der Waals surface area contributed by atoms with Crippen LogP contribution in [0, 0.1) is 11.6 Å². The molecule has 6 heteroatoms. The molecule has 0 aliphatic heterocycles. The molecular weight excluding hydrogens is 322 g/mol. The third-order valence-electron chi connectivity index (χ3n) is 2.97. The minimum absolute atomic E-state index is 0.0789. The molecule has 19 heavy (non-hydrogen) atoms. The van der Waals surface area contributed by atoms with E-state index in [1.54, 1.807) is 7.11 Å². The fourth-order valence-electron chi connectivity index (χ4n) is 1.86. The molecule has 3 unspecified atom stereocenters. The summed E-state index contributed by atoms with van der Waals surface area (Å²) in [6, 6.07) is 3.88. The molecule has 3 nitrogen and oxygen atoms in total. The van der Waals surface area contributed by atoms with E-state index in [1.165, 1.54) is 12.1 Å². The lowest BCUT2D eigenvalue weighted by Crippen LogP contribution is -2.52. The number of rotatable bonds is 6. The lowest BCUT2D eigenvalue weighted by atomic mass is 9.91. The number of alkyl halides is 1. The molecule has 106 valence electrons. The predicted octanol–water partition coefficient (Wildman–Crippen LogP) is 2.91. The Balaban J connectivity index is 1.93. The van der Waals surface area contributed by atoms with Crippen LogP contribution in [0.5, 0.6) is 5.75 Å². The SMILES string of the molecule is COCCOC1C(Br)CC1Oc1cccc(F)c1F. The molecule has 0 aromatic heterocycles. The summed E-state index contributed by atoms with van der Waals surface area (Å²) in [7, 11) is 1.59. The molecule has 3 atom stereocenters. The number of hydrogen-bond donors (Lipinski definition) is 0. The first-order valence-corrected chi connectivity index (χ1v) is 6.90. The van der Waals surface area contributed by atoms with Gasteiger partial charge in [0.1, 0.15) is 12.2 Å². The standard InChI is InChI=1S/C13H15BrF2O3/c1-17-5-6-18-13-8(14)7-11(13)19-10-4-2-3-9(15)12(10)16/h2-4,8,11,13H,5-7H2,1H3. The highest BCUT2D eigenvalue weighted by atomic mass is 79.9. The summed E-state index contributed by atoms with van der Waals surface area (Å²) in [5.74, 6) is -1.95. The van der Waals surface area contributed by atoms with Crippen molar-refractivity contribution in [1.29, 1.82) is 0 Å². The molecule has 1 fully saturated rings. The van der Waals surface area contributed by atoms with E-state index in [-0.39, 0.29) is 22.8 Å². The molecule has 0 heterocycles. The zero-order valence-electron chi connectivity index (χ0n) is 10.4. The smallest absolute Gasteiger partial charge is 0.200 e. The average Bonchev–Trinajstić information content (AvgIpc) is 2.39. The molecule has 0 N–H and O–H groups in total. The van der Waals surface area contributed by atoms with E-state index >= 15 is 0 Å². The molecule has 0 bridgehead atoms. The molecule has 0 radical (unpaired) electrons. The molecular formula is C13H15BrF2O3. The maximum Gasteiger partial charge on any atom is 0.200 e. The van der Waals surface area contributed by atoms with Gasteiger partial charge in [0.05, 0.1) is 13.2 Å². The summed E-state index contributed by atoms with van der Waals surface area (Å²) in [4.78, 5) is 0.158. The molecule has 0 saturated heterocycles. The average molecular weight is 337 g/mol. The number of hydrogen-bond acceptors (Lipinski definition) is 3. The van der Waals surface area contributed by atoms with Crippen LogP contribution in [0.25, 0.3) is 0 Å². The van der Waals surface area contributed by atoms with Gasteiger partial charge in [-0.25, -0.2) is 4.39 Å². The van der Waals surface area contributed by atoms with Gasteiger partial charge in [0.25, 0.3) is 0 Å². The third kappa shape index (κ3) is 3.43. The molecule has 1 aromatic carbocycles. The first-order valence-electron chi connectivity index (χ1n) is 5.98. The molecule has 0 amide bonds. The van der Waals surface area contributed by atoms with Gasteiger partial charge in [-0.2, -0.15) is 4.39 Å². The zero-order chi connectivity index (χ0) is 13.8. The van der Waals surface area contributed by atoms with Gasteiger partial charge in [-0.05, 0) is 12.1 Å². The minimum atomic E-state index is -0.962. The molecule has 2 rings (SSSR count). The summed E-state index contributed by atoms with van der Waals surface area (Å²) in [6.45, 7) is 0.923. The Labute approximate surface area is 119 Å². The van der Waals surface area contributed by atoms with Crippen molar-refractivity contribution in [2.45, 2.75) is 23.5 Å². The van der Waals surface area contributed by atoms with Gasteiger partial charge >= 0.3 is 0 Å². The highest BCUT2D eigenvalue weighted by Crippen LogP contribution is 2.35. The van der Waals surface area contributed by atoms with Crippen LogP contribution in [0.15, 0.2) is 18.2 Å². The largest absolute Gasteiger partial charge is 0.484 e. The van der Waals surface area contributed by atoms with Gasteiger partial charge in [-0.3, -0.25) is 0 Å². The number of benzene rings is 1. The van der Waals surface area contributed by atoms with Crippen LogP contribution in [0.2, 0.25) is 0 Å². The van der Waals surface area contributed by atoms with Gasteiger partial charge in [0.2, 0.25) is 5.82 Å². The highest BCUT2D eigenvalue weighted by molar-refractivity contribution is 9.09. The second kappa shape index (κ2) is 6.63. The number of halogens is 3. The topological polar surface area (TPSA) is 27.7 Å². The van der Waals surface area contributed by atoms with Crippen LogP contribution in [0.4, 0.5) is 8.78 Å². The maximum absolute atomic E-state index is 13.5. The van der Waals surface area contributed by atoms with E-state index in [2.05, 4.69) is 15.9 Å². The summed E-state index contributed by atoms with van der Waals surface area (Å²) >= 11 is 3.45. The van der Waals surface area contributed by atoms with Crippen molar-refractivity contribution in [3.8, 4) is 5.75 Å². The van der Waals surface area contributed by atoms with Crippen LogP contribution in [-0.4, -0.2) is 37.4 Å². The van der Waals surface area contributed by atoms with Gasteiger partial charge in [0, 0.05) is 18.4 Å². The normalized spacial score (nSPS) is 26.0. The second-order valence-corrected chi connectivity index (χ2v) is 5.46. The number of methoxy groups -OCH3 is 1. The quantitative estimate of drug-likeness (QED) is 0.590. The Morgan fingerprint density at radius 3 is 2.79 bits per heavy atom. The molecule has 1 aromatic rings. The van der Waals surface area contributed by atoms with Gasteiger partial charge < -0.3 is 14.2 Å². The van der Waals surface area contributed by atoms with Gasteiger partial charge in [-0.1, -0.05) is 22.0 Å². The first-order chi connectivity index (χ1) is 9.13. The van der Waals surface area contributed by atoms with Gasteiger partial charge in [-0.15, -0.1) is 0 Å². The van der Waals surface area contributed by atoms with Crippen LogP contribution in [0.3, 0.4) is 0 Å². The predicted molar refractivity (Wildman–Crippen MR) is 69.7 cm³/mol. The molecule has 1 aliphatic carbocycles. The van der Waals surface area contributed by atoms with E-state index in [4.69, 9.17) is 14.2 Å². The second-order valence-electron chi connectivity index (χ2n) is 4.29. The van der Waals surface area contributed by atoms with Crippen LogP contribution >= 0.6 is 15.9 Å². The fourth-order valence-corrected chi connectivity index (χ4v) is 2.72. The van der Waals surface area contributed by atoms with Crippen LogP contribution < -0.4 is 4.74 Å². The van der Waals surface area contributed by atoms with Crippen LogP contribution in [0.1, 0.15) is 6.42 Å². The van der Waals surface area contributed by atoms with Crippen molar-refractivity contribution < 1.29 is 23.0 Å². The van der Waals surface area contributed by atoms with Crippen molar-refractivity contribution in [1.82, 2.24) is 0 Å². The van der Waals surface area contributed by atoms with Crippen molar-refractivity contribution >= 4 is 15.9 Å². The summed E-state index contributed by atoms with van der Waals surface area (Å²) in [6.07, 6.45) is 0.225. The van der Waals surface area contributed by atoms with Crippen LogP contribution in [-0.2, 0) is 9.47 Å². The minimum Gasteiger partial charge on any atom is -0.484 e. The molecule has 1 aliphatic rings. The van der Waals surface area contributed by atoms with E-state index in [9.17, 15) is 8.78 Å². The highest BCUT2D eigenvalue weighted by Gasteiger charge is 2.42. The molecule has 1 saturated carbocycles. The number of ether oxygens (including phenoxy) is 3. The van der Waals surface area contributed by atoms with Crippen molar-refractivity contribution in [3.63, 3.8) is 0 Å². The Morgan fingerprint density at radius 1 is 1.32 bits per heavy atom. The Hall–Kier alpha value is -0.720. The lowest BCUT2D eigenvalue weighted by molar-refractivity contribution is -0.0875. The lowest BCUT2D eigenvalue weighted by Gasteiger charge is -2.40. The van der Waals surface area contributed by atoms with E-state index in [0.717, 1.165) is 6.07 Å². The van der Waals surface area contributed by atoms with E-state index in [1.807, 2.05) is 0 Å². The summed E-state index contributed by atoms with van der Waals surface area (Å²) in [5, 5.41) is 0. The monoisotopic (exact) mass is 336 g/mol. The third-order valence-corrected chi connectivity index (χ3v) is 3.87. The Bertz CT molecular complexity index is 430. The Morgan fingerprint density at radius 2 is 2.11 bits per heavy atom. The van der Waals surface area contributed by atoms with Gasteiger partial charge in [0.15, 0.2) is 11.6 Å². The molecule has 0 spiro atoms. The van der Waals surface area contributed by atoms with Crippen molar-refractivity contribution in [2.24, 2.45) is 0 Å². The maximum atomic E-state index is 13.5. The Kier molecular flexibility index (Phi) is 5.13. The summed E-state index contributed by atoms with van der Waals surface area (Å²) in [5.41, 5.74) is 0. The van der Waals surface area contributed by atoms with Crippen molar-refractivity contribution in [3.05, 3.63) is 29.8 Å². The van der Waals surface area contributed by atoms with E-state index in [0.29, 0.717) is 19.6 Å². The van der Waals surface area contributed by atoms with Crippen molar-refractivity contribution in [2.75, 3.05) is 20.3 Å². The fraction of sp³-hybridized carbons (Fsp3) is 0.538.